The topological polar surface area (TPSA) is 92.5 Å². The van der Waals surface area contributed by atoms with E-state index < -0.39 is 12.1 Å². The van der Waals surface area contributed by atoms with Gasteiger partial charge in [-0.3, -0.25) is 9.59 Å². The highest BCUT2D eigenvalue weighted by Gasteiger charge is 2.30. The first-order valence-electron chi connectivity index (χ1n) is 8.43. The van der Waals surface area contributed by atoms with Crippen molar-refractivity contribution in [2.24, 2.45) is 5.73 Å². The fourth-order valence-corrected chi connectivity index (χ4v) is 3.16. The minimum atomic E-state index is -0.720. The predicted octanol–water partition coefficient (Wildman–Crippen LogP) is 2.09. The number of hydrogen-bond donors (Lipinski definition) is 2. The van der Waals surface area contributed by atoms with Crippen LogP contribution in [0.4, 0.5) is 4.79 Å². The largest absolute Gasteiger partial charge is 0.352 e. The lowest BCUT2D eigenvalue weighted by Crippen LogP contribution is -2.52. The lowest BCUT2D eigenvalue weighted by Gasteiger charge is -2.32. The second-order valence-electron chi connectivity index (χ2n) is 6.26. The number of nitrogens with zero attached hydrogens (tertiary/aromatic N) is 1. The van der Waals surface area contributed by atoms with Crippen LogP contribution in [0.5, 0.6) is 0 Å². The van der Waals surface area contributed by atoms with Gasteiger partial charge in [0.05, 0.1) is 0 Å². The molecule has 1 aromatic carbocycles. The van der Waals surface area contributed by atoms with Crippen molar-refractivity contribution in [3.8, 4) is 0 Å². The molecule has 2 rings (SSSR count). The van der Waals surface area contributed by atoms with Crippen LogP contribution in [0.15, 0.2) is 30.3 Å². The van der Waals surface area contributed by atoms with Crippen LogP contribution in [-0.2, 0) is 4.79 Å². The van der Waals surface area contributed by atoms with E-state index in [-0.39, 0.29) is 17.7 Å². The molecule has 1 fully saturated rings. The number of ketones is 1. The number of rotatable bonds is 5. The van der Waals surface area contributed by atoms with Gasteiger partial charge in [-0.1, -0.05) is 43.2 Å². The van der Waals surface area contributed by atoms with Gasteiger partial charge in [0.15, 0.2) is 5.78 Å². The lowest BCUT2D eigenvalue weighted by molar-refractivity contribution is -0.135. The second kappa shape index (κ2) is 8.47. The number of urea groups is 1. The van der Waals surface area contributed by atoms with Crippen molar-refractivity contribution in [3.05, 3.63) is 35.9 Å². The van der Waals surface area contributed by atoms with Gasteiger partial charge < -0.3 is 16.0 Å². The Labute approximate surface area is 142 Å². The molecule has 2 atom stereocenters. The number of benzene rings is 1. The Hall–Kier alpha value is -2.37. The molecule has 0 aliphatic carbocycles. The van der Waals surface area contributed by atoms with E-state index in [0.29, 0.717) is 18.5 Å². The van der Waals surface area contributed by atoms with Crippen LogP contribution >= 0.6 is 0 Å². The summed E-state index contributed by atoms with van der Waals surface area (Å²) in [6.07, 6.45) is 4.04. The van der Waals surface area contributed by atoms with Crippen molar-refractivity contribution in [2.45, 2.75) is 51.1 Å². The summed E-state index contributed by atoms with van der Waals surface area (Å²) in [6.45, 7) is 2.23. The molecule has 24 heavy (non-hydrogen) atoms. The van der Waals surface area contributed by atoms with E-state index in [9.17, 15) is 14.4 Å². The van der Waals surface area contributed by atoms with Gasteiger partial charge in [-0.25, -0.2) is 4.79 Å². The van der Waals surface area contributed by atoms with Crippen LogP contribution in [0.2, 0.25) is 0 Å². The van der Waals surface area contributed by atoms with Gasteiger partial charge in [-0.05, 0) is 19.8 Å². The number of amides is 3. The highest BCUT2D eigenvalue weighted by atomic mass is 16.2. The Kier molecular flexibility index (Phi) is 6.35. The molecule has 0 unspecified atom stereocenters. The van der Waals surface area contributed by atoms with E-state index in [4.69, 9.17) is 5.73 Å². The number of carbonyl (C=O) groups excluding carboxylic acids is 3. The fraction of sp³-hybridized carbons (Fsp3) is 0.500. The molecule has 0 bridgehead atoms. The van der Waals surface area contributed by atoms with Crippen molar-refractivity contribution >= 4 is 17.7 Å². The molecule has 1 aliphatic heterocycles. The van der Waals surface area contributed by atoms with Gasteiger partial charge in [0.2, 0.25) is 5.91 Å². The minimum absolute atomic E-state index is 0.0378. The van der Waals surface area contributed by atoms with Gasteiger partial charge in [-0.2, -0.15) is 0 Å². The maximum absolute atomic E-state index is 12.7. The van der Waals surface area contributed by atoms with Gasteiger partial charge >= 0.3 is 6.03 Å². The molecule has 3 amide bonds. The normalized spacial score (nSPS) is 19.2. The lowest BCUT2D eigenvalue weighted by atomic mass is 9.99. The third kappa shape index (κ3) is 4.81. The summed E-state index contributed by atoms with van der Waals surface area (Å²) < 4.78 is 0. The van der Waals surface area contributed by atoms with E-state index in [2.05, 4.69) is 5.32 Å². The third-order valence-electron chi connectivity index (χ3n) is 4.41. The first-order valence-corrected chi connectivity index (χ1v) is 8.43. The van der Waals surface area contributed by atoms with E-state index in [1.54, 1.807) is 24.0 Å². The Morgan fingerprint density at radius 2 is 1.92 bits per heavy atom. The fourth-order valence-electron chi connectivity index (χ4n) is 3.16. The van der Waals surface area contributed by atoms with Gasteiger partial charge in [0, 0.05) is 24.6 Å². The van der Waals surface area contributed by atoms with Crippen molar-refractivity contribution in [1.82, 2.24) is 10.2 Å². The van der Waals surface area contributed by atoms with E-state index in [0.717, 1.165) is 25.7 Å². The molecule has 130 valence electrons. The molecule has 6 nitrogen and oxygen atoms in total. The van der Waals surface area contributed by atoms with Crippen molar-refractivity contribution in [1.29, 1.82) is 0 Å². The molecule has 1 heterocycles. The summed E-state index contributed by atoms with van der Waals surface area (Å²) >= 11 is 0. The van der Waals surface area contributed by atoms with Gasteiger partial charge in [0.1, 0.15) is 6.04 Å². The smallest absolute Gasteiger partial charge is 0.312 e. The maximum Gasteiger partial charge on any atom is 0.312 e. The first-order chi connectivity index (χ1) is 11.5. The number of Topliss-reactive ketones (excluding diaryl/α,β-unsaturated/α-hetero) is 1. The quantitative estimate of drug-likeness (QED) is 0.809. The molecule has 1 saturated heterocycles. The molecular formula is C18H25N3O3. The average molecular weight is 331 g/mol. The Balaban J connectivity index is 2.10. The zero-order valence-corrected chi connectivity index (χ0v) is 14.0. The summed E-state index contributed by atoms with van der Waals surface area (Å²) in [5.74, 6) is -0.141. The van der Waals surface area contributed by atoms with Crippen LogP contribution < -0.4 is 11.1 Å². The molecule has 0 spiro atoms. The number of carbonyl (C=O) groups is 3. The standard InChI is InChI=1S/C18H25N3O3/c1-13(20-18(19)24)17(23)21-11-7-3-6-10-15(21)12-16(22)14-8-4-2-5-9-14/h2,4-5,8-9,13,15H,3,6-7,10-12H2,1H3,(H3,19,20,24)/t13-,15-/m1/s1. The molecule has 0 radical (unpaired) electrons. The molecule has 0 saturated carbocycles. The van der Waals surface area contributed by atoms with Crippen molar-refractivity contribution < 1.29 is 14.4 Å². The monoisotopic (exact) mass is 331 g/mol. The van der Waals surface area contributed by atoms with Gasteiger partial charge in [-0.15, -0.1) is 0 Å². The Morgan fingerprint density at radius 3 is 2.58 bits per heavy atom. The molecule has 6 heteroatoms. The van der Waals surface area contributed by atoms with Crippen LogP contribution in [0.3, 0.4) is 0 Å². The highest BCUT2D eigenvalue weighted by molar-refractivity contribution is 5.96. The summed E-state index contributed by atoms with van der Waals surface area (Å²) in [7, 11) is 0. The van der Waals surface area contributed by atoms with E-state index in [1.165, 1.54) is 0 Å². The maximum atomic E-state index is 12.7. The summed E-state index contributed by atoms with van der Waals surface area (Å²) in [6, 6.07) is 7.59. The molecule has 1 aliphatic rings. The highest BCUT2D eigenvalue weighted by Crippen LogP contribution is 2.22. The van der Waals surface area contributed by atoms with Crippen LogP contribution in [0.1, 0.15) is 49.4 Å². The van der Waals surface area contributed by atoms with Gasteiger partial charge in [0.25, 0.3) is 0 Å². The predicted molar refractivity (Wildman–Crippen MR) is 91.5 cm³/mol. The SMILES string of the molecule is C[C@@H](NC(N)=O)C(=O)N1CCCCC[C@@H]1CC(=O)c1ccccc1. The van der Waals surface area contributed by atoms with Crippen LogP contribution in [0.25, 0.3) is 0 Å². The van der Waals surface area contributed by atoms with E-state index in [1.807, 2.05) is 18.2 Å². The second-order valence-corrected chi connectivity index (χ2v) is 6.26. The third-order valence-corrected chi connectivity index (χ3v) is 4.41. The number of hydrogen-bond acceptors (Lipinski definition) is 3. The minimum Gasteiger partial charge on any atom is -0.352 e. The van der Waals surface area contributed by atoms with E-state index >= 15 is 0 Å². The molecule has 1 aromatic rings. The molecule has 0 aromatic heterocycles. The Bertz CT molecular complexity index is 588. The number of nitrogens with one attached hydrogen (secondary N) is 1. The average Bonchev–Trinajstić information content (AvgIpc) is 2.79. The van der Waals surface area contributed by atoms with Crippen LogP contribution in [0, 0.1) is 0 Å². The summed E-state index contributed by atoms with van der Waals surface area (Å²) in [4.78, 5) is 37.9. The number of nitrogens with two attached hydrogens (primary N) is 1. The summed E-state index contributed by atoms with van der Waals surface area (Å²) in [5, 5.41) is 2.43. The molecular weight excluding hydrogens is 306 g/mol. The van der Waals surface area contributed by atoms with Crippen molar-refractivity contribution in [2.75, 3.05) is 6.54 Å². The molecule has 3 N–H and O–H groups in total. The zero-order chi connectivity index (χ0) is 17.5. The first kappa shape index (κ1) is 18.0. The zero-order valence-electron chi connectivity index (χ0n) is 14.0. The van der Waals surface area contributed by atoms with Crippen LogP contribution in [-0.4, -0.2) is 41.2 Å². The van der Waals surface area contributed by atoms with Crippen molar-refractivity contribution in [3.63, 3.8) is 0 Å². The number of primary amides is 1. The summed E-state index contributed by atoms with van der Waals surface area (Å²) in [5.41, 5.74) is 5.77. The number of likely N-dealkylation sites (tertiary alicyclic amines) is 1. The Morgan fingerprint density at radius 1 is 1.21 bits per heavy atom.